The Labute approximate surface area is 69.3 Å². The van der Waals surface area contributed by atoms with Crippen LogP contribution in [0.1, 0.15) is 26.7 Å². The Kier molecular flexibility index (Phi) is 3.34. The smallest absolute Gasteiger partial charge is 0.0613 e. The Morgan fingerprint density at radius 2 is 2.09 bits per heavy atom. The first kappa shape index (κ1) is 9.01. The Morgan fingerprint density at radius 1 is 1.45 bits per heavy atom. The molecule has 11 heavy (non-hydrogen) atoms. The van der Waals surface area contributed by atoms with Crippen molar-refractivity contribution in [2.45, 2.75) is 38.8 Å². The lowest BCUT2D eigenvalue weighted by Gasteiger charge is -2.18. The van der Waals surface area contributed by atoms with E-state index in [-0.39, 0.29) is 0 Å². The van der Waals surface area contributed by atoms with Gasteiger partial charge in [-0.1, -0.05) is 0 Å². The summed E-state index contributed by atoms with van der Waals surface area (Å²) in [4.78, 5) is 0. The van der Waals surface area contributed by atoms with Crippen LogP contribution in [0.25, 0.3) is 0 Å². The first-order valence-electron chi connectivity index (χ1n) is 4.49. The van der Waals surface area contributed by atoms with Gasteiger partial charge in [-0.15, -0.1) is 0 Å². The molecular weight excluding hydrogens is 138 g/mol. The van der Waals surface area contributed by atoms with E-state index in [1.54, 1.807) is 7.11 Å². The van der Waals surface area contributed by atoms with E-state index in [4.69, 9.17) is 4.74 Å². The molecule has 0 aliphatic heterocycles. The highest BCUT2D eigenvalue weighted by Crippen LogP contribution is 2.32. The highest BCUT2D eigenvalue weighted by Gasteiger charge is 2.28. The van der Waals surface area contributed by atoms with Crippen molar-refractivity contribution in [3.05, 3.63) is 0 Å². The van der Waals surface area contributed by atoms with Gasteiger partial charge in [-0.25, -0.2) is 0 Å². The topological polar surface area (TPSA) is 21.3 Å². The summed E-state index contributed by atoms with van der Waals surface area (Å²) in [5, 5.41) is 3.52. The van der Waals surface area contributed by atoms with Gasteiger partial charge in [0.25, 0.3) is 0 Å². The monoisotopic (exact) mass is 157 g/mol. The van der Waals surface area contributed by atoms with Crippen LogP contribution in [-0.4, -0.2) is 25.8 Å². The lowest BCUT2D eigenvalue weighted by Crippen LogP contribution is -2.38. The van der Waals surface area contributed by atoms with E-state index < -0.39 is 0 Å². The minimum atomic E-state index is 0.496. The Bertz CT molecular complexity index is 112. The Morgan fingerprint density at radius 3 is 2.55 bits per heavy atom. The predicted octanol–water partition coefficient (Wildman–Crippen LogP) is 1.41. The van der Waals surface area contributed by atoms with E-state index in [2.05, 4.69) is 19.2 Å². The van der Waals surface area contributed by atoms with E-state index in [1.165, 1.54) is 12.8 Å². The molecule has 0 aromatic rings. The molecule has 0 aromatic heterocycles. The molecule has 2 nitrogen and oxygen atoms in total. The number of hydrogen-bond acceptors (Lipinski definition) is 2. The van der Waals surface area contributed by atoms with Gasteiger partial charge in [0.05, 0.1) is 6.61 Å². The summed E-state index contributed by atoms with van der Waals surface area (Å²) in [5.74, 6) is 0.939. The van der Waals surface area contributed by atoms with Crippen LogP contribution in [-0.2, 0) is 4.74 Å². The predicted molar refractivity (Wildman–Crippen MR) is 46.7 cm³/mol. The molecule has 0 radical (unpaired) electrons. The van der Waals surface area contributed by atoms with Crippen LogP contribution >= 0.6 is 0 Å². The lowest BCUT2D eigenvalue weighted by molar-refractivity contribution is 0.166. The largest absolute Gasteiger partial charge is 0.383 e. The van der Waals surface area contributed by atoms with E-state index >= 15 is 0 Å². The van der Waals surface area contributed by atoms with Crippen molar-refractivity contribution >= 4 is 0 Å². The van der Waals surface area contributed by atoms with Crippen LogP contribution < -0.4 is 5.32 Å². The Balaban J connectivity index is 2.07. The second-order valence-corrected chi connectivity index (χ2v) is 3.65. The van der Waals surface area contributed by atoms with E-state index in [1.807, 2.05) is 0 Å². The minimum Gasteiger partial charge on any atom is -0.383 e. The van der Waals surface area contributed by atoms with Crippen LogP contribution in [0.15, 0.2) is 0 Å². The molecule has 2 heteroatoms. The molecule has 1 fully saturated rings. The van der Waals surface area contributed by atoms with Gasteiger partial charge in [0.1, 0.15) is 0 Å². The second-order valence-electron chi connectivity index (χ2n) is 3.65. The summed E-state index contributed by atoms with van der Waals surface area (Å²) >= 11 is 0. The number of ether oxygens (including phenoxy) is 1. The molecule has 0 amide bonds. The standard InChI is InChI=1S/C9H19NO/c1-7(6-11-3)10-8(2)9-4-5-9/h7-10H,4-6H2,1-3H3/t7-,8+/m0/s1. The third kappa shape index (κ3) is 3.21. The van der Waals surface area contributed by atoms with Crippen LogP contribution in [0.3, 0.4) is 0 Å². The molecule has 66 valence electrons. The summed E-state index contributed by atoms with van der Waals surface area (Å²) in [6.07, 6.45) is 2.82. The highest BCUT2D eigenvalue weighted by atomic mass is 16.5. The van der Waals surface area contributed by atoms with Gasteiger partial charge in [0.2, 0.25) is 0 Å². The van der Waals surface area contributed by atoms with Crippen molar-refractivity contribution in [3.8, 4) is 0 Å². The van der Waals surface area contributed by atoms with Crippen molar-refractivity contribution in [1.82, 2.24) is 5.32 Å². The fourth-order valence-corrected chi connectivity index (χ4v) is 1.48. The summed E-state index contributed by atoms with van der Waals surface area (Å²) in [5.41, 5.74) is 0. The maximum atomic E-state index is 5.04. The summed E-state index contributed by atoms with van der Waals surface area (Å²) in [6.45, 7) is 5.25. The fraction of sp³-hybridized carbons (Fsp3) is 1.00. The average molecular weight is 157 g/mol. The van der Waals surface area contributed by atoms with Crippen LogP contribution in [0.4, 0.5) is 0 Å². The third-order valence-corrected chi connectivity index (χ3v) is 2.29. The number of rotatable bonds is 5. The zero-order chi connectivity index (χ0) is 8.27. The number of hydrogen-bond donors (Lipinski definition) is 1. The molecule has 0 aromatic carbocycles. The van der Waals surface area contributed by atoms with Crippen LogP contribution in [0.5, 0.6) is 0 Å². The van der Waals surface area contributed by atoms with Crippen molar-refractivity contribution in [1.29, 1.82) is 0 Å². The molecule has 1 N–H and O–H groups in total. The van der Waals surface area contributed by atoms with Crippen LogP contribution in [0, 0.1) is 5.92 Å². The van der Waals surface area contributed by atoms with Gasteiger partial charge in [-0.2, -0.15) is 0 Å². The van der Waals surface area contributed by atoms with Gasteiger partial charge in [-0.3, -0.25) is 0 Å². The molecule has 0 heterocycles. The molecule has 1 rings (SSSR count). The molecule has 0 bridgehead atoms. The zero-order valence-electron chi connectivity index (χ0n) is 7.76. The maximum absolute atomic E-state index is 5.04. The van der Waals surface area contributed by atoms with Gasteiger partial charge in [0, 0.05) is 19.2 Å². The minimum absolute atomic E-state index is 0.496. The van der Waals surface area contributed by atoms with Crippen molar-refractivity contribution in [2.24, 2.45) is 5.92 Å². The molecular formula is C9H19NO. The SMILES string of the molecule is COC[C@H](C)N[C@H](C)C1CC1. The molecule has 1 saturated carbocycles. The molecule has 0 spiro atoms. The Hall–Kier alpha value is -0.0800. The van der Waals surface area contributed by atoms with Gasteiger partial charge < -0.3 is 10.1 Å². The van der Waals surface area contributed by atoms with Crippen molar-refractivity contribution in [2.75, 3.05) is 13.7 Å². The third-order valence-electron chi connectivity index (χ3n) is 2.29. The lowest BCUT2D eigenvalue weighted by atomic mass is 10.2. The van der Waals surface area contributed by atoms with E-state index in [9.17, 15) is 0 Å². The maximum Gasteiger partial charge on any atom is 0.0613 e. The first-order valence-corrected chi connectivity index (χ1v) is 4.49. The number of methoxy groups -OCH3 is 1. The van der Waals surface area contributed by atoms with Crippen molar-refractivity contribution < 1.29 is 4.74 Å². The van der Waals surface area contributed by atoms with Crippen LogP contribution in [0.2, 0.25) is 0 Å². The summed E-state index contributed by atoms with van der Waals surface area (Å²) in [6, 6.07) is 1.18. The summed E-state index contributed by atoms with van der Waals surface area (Å²) in [7, 11) is 1.75. The molecule has 0 saturated heterocycles. The summed E-state index contributed by atoms with van der Waals surface area (Å²) < 4.78 is 5.04. The van der Waals surface area contributed by atoms with E-state index in [0.29, 0.717) is 12.1 Å². The number of nitrogens with one attached hydrogen (secondary N) is 1. The fourth-order valence-electron chi connectivity index (χ4n) is 1.48. The quantitative estimate of drug-likeness (QED) is 0.651. The second kappa shape index (κ2) is 4.07. The molecule has 0 unspecified atom stereocenters. The van der Waals surface area contributed by atoms with Gasteiger partial charge in [0.15, 0.2) is 0 Å². The average Bonchev–Trinajstić information content (AvgIpc) is 2.67. The normalized spacial score (nSPS) is 23.2. The molecule has 1 aliphatic rings. The van der Waals surface area contributed by atoms with E-state index in [0.717, 1.165) is 12.5 Å². The molecule has 1 aliphatic carbocycles. The zero-order valence-corrected chi connectivity index (χ0v) is 7.76. The first-order chi connectivity index (χ1) is 5.24. The molecule has 2 atom stereocenters. The highest BCUT2D eigenvalue weighted by molar-refractivity contribution is 4.84. The van der Waals surface area contributed by atoms with Gasteiger partial charge >= 0.3 is 0 Å². The van der Waals surface area contributed by atoms with Crippen molar-refractivity contribution in [3.63, 3.8) is 0 Å². The van der Waals surface area contributed by atoms with Gasteiger partial charge in [-0.05, 0) is 32.6 Å².